The van der Waals surface area contributed by atoms with Crippen LogP contribution < -0.4 is 5.32 Å². The molecule has 0 aliphatic carbocycles. The van der Waals surface area contributed by atoms with Gasteiger partial charge in [0, 0.05) is 12.4 Å². The molecule has 0 spiro atoms. The Hall–Kier alpha value is -1.29. The Morgan fingerprint density at radius 2 is 2.00 bits per heavy atom. The van der Waals surface area contributed by atoms with Gasteiger partial charge in [0.05, 0.1) is 11.1 Å². The zero-order valence-electron chi connectivity index (χ0n) is 8.74. The summed E-state index contributed by atoms with van der Waals surface area (Å²) in [7, 11) is 0. The van der Waals surface area contributed by atoms with E-state index in [1.165, 1.54) is 18.7 Å². The van der Waals surface area contributed by atoms with Crippen LogP contribution in [0.25, 0.3) is 0 Å². The van der Waals surface area contributed by atoms with Crippen molar-refractivity contribution in [1.82, 2.24) is 15.3 Å². The van der Waals surface area contributed by atoms with Crippen molar-refractivity contribution in [3.63, 3.8) is 0 Å². The maximum absolute atomic E-state index is 11.9. The second kappa shape index (κ2) is 4.28. The molecular weight excluding hydrogens is 178 g/mol. The third kappa shape index (κ3) is 2.35. The summed E-state index contributed by atoms with van der Waals surface area (Å²) in [5.41, 5.74) is -0.0159. The van der Waals surface area contributed by atoms with E-state index in [0.29, 0.717) is 5.56 Å². The highest BCUT2D eigenvalue weighted by Crippen LogP contribution is 2.10. The van der Waals surface area contributed by atoms with Gasteiger partial charge >= 0.3 is 0 Å². The maximum atomic E-state index is 11.9. The van der Waals surface area contributed by atoms with E-state index in [1.54, 1.807) is 0 Å². The van der Waals surface area contributed by atoms with Crippen molar-refractivity contribution < 1.29 is 4.79 Å². The van der Waals surface area contributed by atoms with Gasteiger partial charge in [0.25, 0.3) is 0 Å². The van der Waals surface area contributed by atoms with Crippen LogP contribution in [0.5, 0.6) is 0 Å². The van der Waals surface area contributed by atoms with Crippen LogP contribution in [0.15, 0.2) is 18.7 Å². The summed E-state index contributed by atoms with van der Waals surface area (Å²) < 4.78 is 0. The monoisotopic (exact) mass is 193 g/mol. The highest BCUT2D eigenvalue weighted by Gasteiger charge is 2.27. The lowest BCUT2D eigenvalue weighted by Gasteiger charge is -2.23. The third-order valence-electron chi connectivity index (χ3n) is 2.01. The average Bonchev–Trinajstić information content (AvgIpc) is 2.18. The number of aromatic nitrogens is 2. The first kappa shape index (κ1) is 10.8. The molecule has 0 amide bonds. The molecule has 1 aromatic heterocycles. The van der Waals surface area contributed by atoms with Crippen LogP contribution in [-0.2, 0) is 0 Å². The maximum Gasteiger partial charge on any atom is 0.185 e. The molecule has 0 saturated carbocycles. The zero-order valence-corrected chi connectivity index (χ0v) is 8.74. The van der Waals surface area contributed by atoms with E-state index in [2.05, 4.69) is 15.3 Å². The average molecular weight is 193 g/mol. The standard InChI is InChI=1S/C10H15N3O/c1-4-13-10(2,3)9(14)8-5-11-7-12-6-8/h5-7,13H,4H2,1-3H3. The van der Waals surface area contributed by atoms with Crippen molar-refractivity contribution in [2.24, 2.45) is 0 Å². The van der Waals surface area contributed by atoms with Crippen LogP contribution in [0.3, 0.4) is 0 Å². The molecule has 0 fully saturated rings. The van der Waals surface area contributed by atoms with Crippen LogP contribution in [0.4, 0.5) is 0 Å². The van der Waals surface area contributed by atoms with Gasteiger partial charge in [-0.25, -0.2) is 9.97 Å². The summed E-state index contributed by atoms with van der Waals surface area (Å²) in [4.78, 5) is 19.6. The third-order valence-corrected chi connectivity index (χ3v) is 2.01. The Balaban J connectivity index is 2.85. The molecule has 0 bridgehead atoms. The van der Waals surface area contributed by atoms with Crippen LogP contribution in [0, 0.1) is 0 Å². The molecule has 0 aliphatic heterocycles. The van der Waals surface area contributed by atoms with Gasteiger partial charge in [0.15, 0.2) is 5.78 Å². The van der Waals surface area contributed by atoms with E-state index in [9.17, 15) is 4.79 Å². The molecule has 0 unspecified atom stereocenters. The molecule has 0 aliphatic rings. The molecule has 1 aromatic rings. The molecule has 0 aromatic carbocycles. The topological polar surface area (TPSA) is 54.9 Å². The molecule has 0 radical (unpaired) electrons. The number of hydrogen-bond donors (Lipinski definition) is 1. The number of carbonyl (C=O) groups excluding carboxylic acids is 1. The first-order valence-corrected chi connectivity index (χ1v) is 4.62. The van der Waals surface area contributed by atoms with Crippen molar-refractivity contribution in [3.8, 4) is 0 Å². The lowest BCUT2D eigenvalue weighted by atomic mass is 9.95. The highest BCUT2D eigenvalue weighted by atomic mass is 16.1. The fourth-order valence-electron chi connectivity index (χ4n) is 1.30. The first-order chi connectivity index (χ1) is 6.58. The van der Waals surface area contributed by atoms with Crippen molar-refractivity contribution in [1.29, 1.82) is 0 Å². The van der Waals surface area contributed by atoms with E-state index < -0.39 is 5.54 Å². The van der Waals surface area contributed by atoms with Crippen molar-refractivity contribution in [2.45, 2.75) is 26.3 Å². The number of ketones is 1. The van der Waals surface area contributed by atoms with Gasteiger partial charge in [-0.1, -0.05) is 6.92 Å². The number of rotatable bonds is 4. The van der Waals surface area contributed by atoms with Crippen LogP contribution in [-0.4, -0.2) is 27.8 Å². The fourth-order valence-corrected chi connectivity index (χ4v) is 1.30. The number of Topliss-reactive ketones (excluding diaryl/α,β-unsaturated/α-hetero) is 1. The molecule has 76 valence electrons. The Morgan fingerprint density at radius 3 is 2.50 bits per heavy atom. The van der Waals surface area contributed by atoms with Gasteiger partial charge in [-0.15, -0.1) is 0 Å². The van der Waals surface area contributed by atoms with Gasteiger partial charge in [-0.2, -0.15) is 0 Å². The first-order valence-electron chi connectivity index (χ1n) is 4.62. The number of nitrogens with one attached hydrogen (secondary N) is 1. The lowest BCUT2D eigenvalue weighted by Crippen LogP contribution is -2.46. The summed E-state index contributed by atoms with van der Waals surface area (Å²) in [5, 5.41) is 3.12. The minimum Gasteiger partial charge on any atom is -0.305 e. The summed E-state index contributed by atoms with van der Waals surface area (Å²) >= 11 is 0. The quantitative estimate of drug-likeness (QED) is 0.726. The second-order valence-corrected chi connectivity index (χ2v) is 3.61. The molecule has 0 atom stereocenters. The van der Waals surface area contributed by atoms with Gasteiger partial charge < -0.3 is 5.32 Å². The zero-order chi connectivity index (χ0) is 10.6. The summed E-state index contributed by atoms with van der Waals surface area (Å²) in [6, 6.07) is 0. The number of nitrogens with zero attached hydrogens (tertiary/aromatic N) is 2. The Morgan fingerprint density at radius 1 is 1.43 bits per heavy atom. The van der Waals surface area contributed by atoms with Crippen LogP contribution >= 0.6 is 0 Å². The predicted octanol–water partition coefficient (Wildman–Crippen LogP) is 1.05. The molecule has 1 rings (SSSR count). The normalized spacial score (nSPS) is 11.4. The van der Waals surface area contributed by atoms with E-state index in [0.717, 1.165) is 6.54 Å². The summed E-state index contributed by atoms with van der Waals surface area (Å²) in [6.07, 6.45) is 4.49. The van der Waals surface area contributed by atoms with Crippen molar-refractivity contribution in [3.05, 3.63) is 24.3 Å². The van der Waals surface area contributed by atoms with E-state index in [-0.39, 0.29) is 5.78 Å². The van der Waals surface area contributed by atoms with E-state index >= 15 is 0 Å². The van der Waals surface area contributed by atoms with Gasteiger partial charge in [-0.3, -0.25) is 4.79 Å². The minimum atomic E-state index is -0.556. The lowest BCUT2D eigenvalue weighted by molar-refractivity contribution is 0.0883. The SMILES string of the molecule is CCNC(C)(C)C(=O)c1cncnc1. The Labute approximate surface area is 83.8 Å². The summed E-state index contributed by atoms with van der Waals surface area (Å²) in [6.45, 7) is 6.43. The highest BCUT2D eigenvalue weighted by molar-refractivity contribution is 6.02. The fraction of sp³-hybridized carbons (Fsp3) is 0.500. The minimum absolute atomic E-state index is 0.0138. The van der Waals surface area contributed by atoms with Crippen LogP contribution in [0.2, 0.25) is 0 Å². The Bertz CT molecular complexity index is 308. The van der Waals surface area contributed by atoms with Gasteiger partial charge in [0.2, 0.25) is 0 Å². The van der Waals surface area contributed by atoms with Crippen LogP contribution in [0.1, 0.15) is 31.1 Å². The number of hydrogen-bond acceptors (Lipinski definition) is 4. The molecule has 1 N–H and O–H groups in total. The van der Waals surface area contributed by atoms with Crippen molar-refractivity contribution >= 4 is 5.78 Å². The Kier molecular flexibility index (Phi) is 3.30. The molecule has 4 nitrogen and oxygen atoms in total. The molecular formula is C10H15N3O. The van der Waals surface area contributed by atoms with E-state index in [4.69, 9.17) is 0 Å². The predicted molar refractivity (Wildman–Crippen MR) is 54.1 cm³/mol. The molecule has 0 saturated heterocycles. The van der Waals surface area contributed by atoms with Gasteiger partial charge in [-0.05, 0) is 20.4 Å². The summed E-state index contributed by atoms with van der Waals surface area (Å²) in [5.74, 6) is 0.0138. The number of carbonyl (C=O) groups is 1. The van der Waals surface area contributed by atoms with Gasteiger partial charge in [0.1, 0.15) is 6.33 Å². The van der Waals surface area contributed by atoms with Crippen molar-refractivity contribution in [2.75, 3.05) is 6.54 Å². The van der Waals surface area contributed by atoms with E-state index in [1.807, 2.05) is 20.8 Å². The second-order valence-electron chi connectivity index (χ2n) is 3.61. The molecule has 4 heteroatoms. The number of likely N-dealkylation sites (N-methyl/N-ethyl adjacent to an activating group) is 1. The molecule has 1 heterocycles. The smallest absolute Gasteiger partial charge is 0.185 e. The largest absolute Gasteiger partial charge is 0.305 e. The molecule has 14 heavy (non-hydrogen) atoms.